The average molecular weight is 240 g/mol. The van der Waals surface area contributed by atoms with Crippen LogP contribution in [0.4, 0.5) is 0 Å². The molecule has 3 heteroatoms. The summed E-state index contributed by atoms with van der Waals surface area (Å²) in [5.41, 5.74) is 5.74. The Bertz CT molecular complexity index is 220. The van der Waals surface area contributed by atoms with Crippen LogP contribution in [0.5, 0.6) is 0 Å². The summed E-state index contributed by atoms with van der Waals surface area (Å²) in [5, 5.41) is 3.11. The van der Waals surface area contributed by atoms with Crippen LogP contribution in [0.2, 0.25) is 0 Å². The van der Waals surface area contributed by atoms with Crippen molar-refractivity contribution in [2.45, 2.75) is 77.3 Å². The van der Waals surface area contributed by atoms with E-state index in [1.807, 2.05) is 13.8 Å². The van der Waals surface area contributed by atoms with Crippen molar-refractivity contribution >= 4 is 5.91 Å². The molecule has 1 fully saturated rings. The molecule has 0 radical (unpaired) electrons. The highest BCUT2D eigenvalue weighted by Crippen LogP contribution is 2.22. The predicted octanol–water partition coefficient (Wildman–Crippen LogP) is 2.59. The molecule has 3 nitrogen and oxygen atoms in total. The van der Waals surface area contributed by atoms with E-state index < -0.39 is 0 Å². The lowest BCUT2D eigenvalue weighted by Crippen LogP contribution is -2.40. The van der Waals surface area contributed by atoms with Crippen LogP contribution in [-0.4, -0.2) is 18.0 Å². The summed E-state index contributed by atoms with van der Waals surface area (Å²) in [6, 6.07) is 0.357. The van der Waals surface area contributed by atoms with Crippen molar-refractivity contribution in [3.8, 4) is 0 Å². The van der Waals surface area contributed by atoms with Crippen LogP contribution >= 0.6 is 0 Å². The van der Waals surface area contributed by atoms with E-state index in [2.05, 4.69) is 5.32 Å². The smallest absolute Gasteiger partial charge is 0.223 e. The van der Waals surface area contributed by atoms with Crippen molar-refractivity contribution in [3.05, 3.63) is 0 Å². The molecule has 0 spiro atoms. The van der Waals surface area contributed by atoms with Crippen molar-refractivity contribution in [3.63, 3.8) is 0 Å². The fourth-order valence-corrected chi connectivity index (χ4v) is 2.70. The number of nitrogens with one attached hydrogen (secondary N) is 1. The van der Waals surface area contributed by atoms with Gasteiger partial charge in [0, 0.05) is 18.0 Å². The molecule has 0 aliphatic heterocycles. The summed E-state index contributed by atoms with van der Waals surface area (Å²) in [6.45, 7) is 4.03. The minimum absolute atomic E-state index is 0.155. The SMILES string of the molecule is CC(N)CC(C)NC(=O)C1CCCCCCC1. The van der Waals surface area contributed by atoms with Crippen LogP contribution < -0.4 is 11.1 Å². The highest BCUT2D eigenvalue weighted by atomic mass is 16.1. The Labute approximate surface area is 106 Å². The van der Waals surface area contributed by atoms with Crippen LogP contribution in [-0.2, 0) is 4.79 Å². The molecule has 1 aliphatic carbocycles. The molecule has 1 amide bonds. The molecule has 0 aromatic carbocycles. The topological polar surface area (TPSA) is 55.1 Å². The van der Waals surface area contributed by atoms with E-state index in [4.69, 9.17) is 5.73 Å². The van der Waals surface area contributed by atoms with E-state index in [0.717, 1.165) is 19.3 Å². The van der Waals surface area contributed by atoms with Gasteiger partial charge in [0.1, 0.15) is 0 Å². The fourth-order valence-electron chi connectivity index (χ4n) is 2.70. The molecule has 1 saturated carbocycles. The molecule has 2 unspecified atom stereocenters. The maximum atomic E-state index is 12.1. The lowest BCUT2D eigenvalue weighted by Gasteiger charge is -2.22. The van der Waals surface area contributed by atoms with Gasteiger partial charge in [0.2, 0.25) is 5.91 Å². The Morgan fingerprint density at radius 1 is 1.18 bits per heavy atom. The summed E-state index contributed by atoms with van der Waals surface area (Å²) >= 11 is 0. The molecular weight excluding hydrogens is 212 g/mol. The largest absolute Gasteiger partial charge is 0.353 e. The Hall–Kier alpha value is -0.570. The van der Waals surface area contributed by atoms with Crippen molar-refractivity contribution < 1.29 is 4.79 Å². The molecule has 0 aromatic rings. The Morgan fingerprint density at radius 2 is 1.71 bits per heavy atom. The van der Waals surface area contributed by atoms with Crippen molar-refractivity contribution in [2.75, 3.05) is 0 Å². The zero-order valence-electron chi connectivity index (χ0n) is 11.4. The first-order chi connectivity index (χ1) is 8.09. The quantitative estimate of drug-likeness (QED) is 0.793. The fraction of sp³-hybridized carbons (Fsp3) is 0.929. The second-order valence-electron chi connectivity index (χ2n) is 5.66. The summed E-state index contributed by atoms with van der Waals surface area (Å²) < 4.78 is 0. The lowest BCUT2D eigenvalue weighted by atomic mass is 9.90. The van der Waals surface area contributed by atoms with Crippen molar-refractivity contribution in [2.24, 2.45) is 11.7 Å². The third-order valence-electron chi connectivity index (χ3n) is 3.59. The number of hydrogen-bond acceptors (Lipinski definition) is 2. The molecule has 17 heavy (non-hydrogen) atoms. The summed E-state index contributed by atoms with van der Waals surface area (Å²) in [4.78, 5) is 12.1. The van der Waals surface area contributed by atoms with Crippen molar-refractivity contribution in [1.29, 1.82) is 0 Å². The first-order valence-electron chi connectivity index (χ1n) is 7.15. The second-order valence-corrected chi connectivity index (χ2v) is 5.66. The first kappa shape index (κ1) is 14.5. The third kappa shape index (κ3) is 6.06. The van der Waals surface area contributed by atoms with E-state index in [1.165, 1.54) is 32.1 Å². The molecule has 0 aromatic heterocycles. The van der Waals surface area contributed by atoms with Gasteiger partial charge in [-0.3, -0.25) is 4.79 Å². The molecule has 0 heterocycles. The van der Waals surface area contributed by atoms with E-state index in [1.54, 1.807) is 0 Å². The molecule has 0 saturated heterocycles. The maximum Gasteiger partial charge on any atom is 0.223 e. The molecule has 3 N–H and O–H groups in total. The number of hydrogen-bond donors (Lipinski definition) is 2. The molecular formula is C14H28N2O. The van der Waals surface area contributed by atoms with E-state index in [0.29, 0.717) is 0 Å². The predicted molar refractivity (Wildman–Crippen MR) is 71.7 cm³/mol. The monoisotopic (exact) mass is 240 g/mol. The average Bonchev–Trinajstić information content (AvgIpc) is 2.14. The molecule has 0 bridgehead atoms. The summed E-state index contributed by atoms with van der Waals surface area (Å²) in [6.07, 6.45) is 9.33. The van der Waals surface area contributed by atoms with Gasteiger partial charge >= 0.3 is 0 Å². The molecule has 1 aliphatic rings. The van der Waals surface area contributed by atoms with Crippen LogP contribution in [0.25, 0.3) is 0 Å². The molecule has 2 atom stereocenters. The van der Waals surface area contributed by atoms with Crippen LogP contribution in [0.3, 0.4) is 0 Å². The van der Waals surface area contributed by atoms with Crippen molar-refractivity contribution in [1.82, 2.24) is 5.32 Å². The first-order valence-corrected chi connectivity index (χ1v) is 7.15. The second kappa shape index (κ2) is 7.70. The summed E-state index contributed by atoms with van der Waals surface area (Å²) in [5.74, 6) is 0.492. The minimum atomic E-state index is 0.155. The third-order valence-corrected chi connectivity index (χ3v) is 3.59. The Kier molecular flexibility index (Phi) is 6.56. The van der Waals surface area contributed by atoms with Gasteiger partial charge < -0.3 is 11.1 Å². The maximum absolute atomic E-state index is 12.1. The number of nitrogens with two attached hydrogens (primary N) is 1. The van der Waals surface area contributed by atoms with Crippen LogP contribution in [0.15, 0.2) is 0 Å². The normalized spacial score (nSPS) is 22.3. The van der Waals surface area contributed by atoms with Gasteiger partial charge in [-0.05, 0) is 33.1 Å². The summed E-state index contributed by atoms with van der Waals surface area (Å²) in [7, 11) is 0. The Morgan fingerprint density at radius 3 is 2.24 bits per heavy atom. The standard InChI is InChI=1S/C14H28N2O/c1-11(15)10-12(2)16-14(17)13-8-6-4-3-5-7-9-13/h11-13H,3-10,15H2,1-2H3,(H,16,17). The lowest BCUT2D eigenvalue weighted by molar-refractivity contribution is -0.126. The van der Waals surface area contributed by atoms with Crippen LogP contribution in [0.1, 0.15) is 65.2 Å². The minimum Gasteiger partial charge on any atom is -0.353 e. The van der Waals surface area contributed by atoms with Gasteiger partial charge in [-0.15, -0.1) is 0 Å². The van der Waals surface area contributed by atoms with E-state index >= 15 is 0 Å². The van der Waals surface area contributed by atoms with Gasteiger partial charge in [0.15, 0.2) is 0 Å². The zero-order chi connectivity index (χ0) is 12.7. The highest BCUT2D eigenvalue weighted by Gasteiger charge is 2.20. The van der Waals surface area contributed by atoms with E-state index in [9.17, 15) is 4.79 Å². The highest BCUT2D eigenvalue weighted by molar-refractivity contribution is 5.78. The number of rotatable bonds is 4. The Balaban J connectivity index is 2.33. The molecule has 1 rings (SSSR count). The van der Waals surface area contributed by atoms with Gasteiger partial charge in [-0.25, -0.2) is 0 Å². The van der Waals surface area contributed by atoms with E-state index in [-0.39, 0.29) is 23.9 Å². The number of carbonyl (C=O) groups is 1. The van der Waals surface area contributed by atoms with Gasteiger partial charge in [-0.2, -0.15) is 0 Å². The van der Waals surface area contributed by atoms with Gasteiger partial charge in [-0.1, -0.05) is 32.1 Å². The zero-order valence-corrected chi connectivity index (χ0v) is 11.4. The van der Waals surface area contributed by atoms with Crippen LogP contribution in [0, 0.1) is 5.92 Å². The molecule has 100 valence electrons. The van der Waals surface area contributed by atoms with Gasteiger partial charge in [0.05, 0.1) is 0 Å². The number of carbonyl (C=O) groups excluding carboxylic acids is 1. The number of amides is 1. The van der Waals surface area contributed by atoms with Gasteiger partial charge in [0.25, 0.3) is 0 Å².